The number of carbonyl (C=O) groups excluding carboxylic acids is 1. The second kappa shape index (κ2) is 7.59. The van der Waals surface area contributed by atoms with Crippen LogP contribution in [0, 0.1) is 11.3 Å². The Bertz CT molecular complexity index is 548. The number of nitriles is 1. The van der Waals surface area contributed by atoms with Gasteiger partial charge in [0, 0.05) is 6.54 Å². The van der Waals surface area contributed by atoms with E-state index in [9.17, 15) is 9.59 Å². The van der Waals surface area contributed by atoms with Gasteiger partial charge in [-0.25, -0.2) is 0 Å². The second-order valence-corrected chi connectivity index (χ2v) is 3.85. The smallest absolute Gasteiger partial charge is 0.323 e. The van der Waals surface area contributed by atoms with Crippen LogP contribution in [0.3, 0.4) is 0 Å². The fourth-order valence-corrected chi connectivity index (χ4v) is 1.49. The lowest BCUT2D eigenvalue weighted by Crippen LogP contribution is -2.38. The Kier molecular flexibility index (Phi) is 5.78. The number of amides is 1. The quantitative estimate of drug-likeness (QED) is 0.750. The molecule has 0 heterocycles. The number of para-hydroxylation sites is 1. The van der Waals surface area contributed by atoms with E-state index in [0.29, 0.717) is 5.56 Å². The van der Waals surface area contributed by atoms with E-state index in [1.54, 1.807) is 24.3 Å². The molecule has 0 atom stereocenters. The third-order valence-corrected chi connectivity index (χ3v) is 2.39. The predicted octanol–water partition coefficient (Wildman–Crippen LogP) is 1.04. The van der Waals surface area contributed by atoms with Crippen molar-refractivity contribution in [1.29, 1.82) is 5.26 Å². The third-order valence-electron chi connectivity index (χ3n) is 2.39. The summed E-state index contributed by atoms with van der Waals surface area (Å²) in [5.41, 5.74) is 0.314. The number of carboxylic acids is 1. The van der Waals surface area contributed by atoms with Gasteiger partial charge in [0.1, 0.15) is 18.4 Å². The summed E-state index contributed by atoms with van der Waals surface area (Å²) in [4.78, 5) is 23.6. The zero-order valence-electron chi connectivity index (χ0n) is 10.8. The summed E-state index contributed by atoms with van der Waals surface area (Å²) in [5.74, 6) is -1.31. The minimum Gasteiger partial charge on any atom is -0.482 e. The van der Waals surface area contributed by atoms with Crippen LogP contribution in [0.4, 0.5) is 0 Å². The van der Waals surface area contributed by atoms with E-state index < -0.39 is 18.4 Å². The van der Waals surface area contributed by atoms with E-state index in [2.05, 4.69) is 6.58 Å². The van der Waals surface area contributed by atoms with Gasteiger partial charge in [0.15, 0.2) is 6.61 Å². The summed E-state index contributed by atoms with van der Waals surface area (Å²) >= 11 is 0. The summed E-state index contributed by atoms with van der Waals surface area (Å²) in [5, 5.41) is 17.6. The molecule has 0 aromatic heterocycles. The van der Waals surface area contributed by atoms with Gasteiger partial charge in [0.2, 0.25) is 0 Å². The highest BCUT2D eigenvalue weighted by atomic mass is 16.5. The highest BCUT2D eigenvalue weighted by Gasteiger charge is 2.16. The first-order valence-corrected chi connectivity index (χ1v) is 5.81. The molecule has 0 fully saturated rings. The summed E-state index contributed by atoms with van der Waals surface area (Å²) in [6.07, 6.45) is 1.43. The van der Waals surface area contributed by atoms with Gasteiger partial charge in [-0.2, -0.15) is 5.26 Å². The van der Waals surface area contributed by atoms with Crippen molar-refractivity contribution in [2.24, 2.45) is 0 Å². The molecule has 1 aromatic rings. The zero-order valence-corrected chi connectivity index (χ0v) is 10.8. The van der Waals surface area contributed by atoms with Gasteiger partial charge in [-0.1, -0.05) is 18.2 Å². The topological polar surface area (TPSA) is 90.6 Å². The van der Waals surface area contributed by atoms with Gasteiger partial charge in [-0.3, -0.25) is 9.59 Å². The highest BCUT2D eigenvalue weighted by Crippen LogP contribution is 2.16. The van der Waals surface area contributed by atoms with E-state index >= 15 is 0 Å². The molecule has 0 bridgehead atoms. The average Bonchev–Trinajstić information content (AvgIpc) is 2.44. The molecule has 0 spiro atoms. The molecule has 20 heavy (non-hydrogen) atoms. The highest BCUT2D eigenvalue weighted by molar-refractivity contribution is 5.82. The number of carboxylic acid groups (broad SMARTS) is 1. The molecule has 104 valence electrons. The first-order valence-electron chi connectivity index (χ1n) is 5.81. The van der Waals surface area contributed by atoms with E-state index in [-0.39, 0.29) is 18.9 Å². The van der Waals surface area contributed by atoms with Crippen molar-refractivity contribution in [3.8, 4) is 11.8 Å². The average molecular weight is 274 g/mol. The van der Waals surface area contributed by atoms with Crippen LogP contribution in [0.5, 0.6) is 5.75 Å². The van der Waals surface area contributed by atoms with Gasteiger partial charge >= 0.3 is 5.97 Å². The Morgan fingerprint density at radius 1 is 1.45 bits per heavy atom. The lowest BCUT2D eigenvalue weighted by Gasteiger charge is -2.19. The summed E-state index contributed by atoms with van der Waals surface area (Å²) in [7, 11) is 0. The van der Waals surface area contributed by atoms with Gasteiger partial charge < -0.3 is 14.7 Å². The minimum atomic E-state index is -1.11. The van der Waals surface area contributed by atoms with Gasteiger partial charge in [-0.05, 0) is 12.1 Å². The van der Waals surface area contributed by atoms with Gasteiger partial charge in [0.05, 0.1) is 5.56 Å². The van der Waals surface area contributed by atoms with Crippen LogP contribution >= 0.6 is 0 Å². The minimum absolute atomic E-state index is 0.119. The molecule has 0 aliphatic heterocycles. The van der Waals surface area contributed by atoms with E-state index in [4.69, 9.17) is 15.1 Å². The molecular formula is C14H14N2O4. The predicted molar refractivity (Wildman–Crippen MR) is 71.1 cm³/mol. The van der Waals surface area contributed by atoms with Crippen molar-refractivity contribution in [2.45, 2.75) is 0 Å². The van der Waals surface area contributed by atoms with Crippen LogP contribution in [0.2, 0.25) is 0 Å². The molecule has 0 radical (unpaired) electrons. The van der Waals surface area contributed by atoms with Crippen LogP contribution in [0.1, 0.15) is 5.56 Å². The third kappa shape index (κ3) is 4.46. The Balaban J connectivity index is 2.67. The molecule has 0 saturated carbocycles. The maximum atomic E-state index is 11.8. The number of aliphatic carboxylic acids is 1. The van der Waals surface area contributed by atoms with Crippen LogP contribution < -0.4 is 4.74 Å². The van der Waals surface area contributed by atoms with Crippen molar-refractivity contribution >= 4 is 11.9 Å². The lowest BCUT2D eigenvalue weighted by atomic mass is 10.2. The number of carbonyl (C=O) groups is 2. The molecule has 1 N–H and O–H groups in total. The first kappa shape index (κ1) is 15.2. The molecule has 0 aliphatic rings. The SMILES string of the molecule is C=CCN(CC(=O)O)C(=O)COc1ccccc1C#N. The molecular weight excluding hydrogens is 260 g/mol. The molecule has 1 aromatic carbocycles. The molecule has 0 unspecified atom stereocenters. The number of ether oxygens (including phenoxy) is 1. The van der Waals surface area contributed by atoms with E-state index in [1.165, 1.54) is 6.08 Å². The number of hydrogen-bond acceptors (Lipinski definition) is 4. The molecule has 1 rings (SSSR count). The molecule has 6 heteroatoms. The zero-order chi connectivity index (χ0) is 15.0. The van der Waals surface area contributed by atoms with Gasteiger partial charge in [0.25, 0.3) is 5.91 Å². The molecule has 6 nitrogen and oxygen atoms in total. The maximum absolute atomic E-state index is 11.8. The number of rotatable bonds is 7. The Morgan fingerprint density at radius 3 is 2.75 bits per heavy atom. The second-order valence-electron chi connectivity index (χ2n) is 3.85. The van der Waals surface area contributed by atoms with Crippen LogP contribution in [0.15, 0.2) is 36.9 Å². The summed E-state index contributed by atoms with van der Waals surface area (Å²) < 4.78 is 5.26. The van der Waals surface area contributed by atoms with Crippen molar-refractivity contribution in [1.82, 2.24) is 4.90 Å². The fourth-order valence-electron chi connectivity index (χ4n) is 1.49. The van der Waals surface area contributed by atoms with Crippen LogP contribution in [-0.4, -0.2) is 41.6 Å². The van der Waals surface area contributed by atoms with Crippen LogP contribution in [-0.2, 0) is 9.59 Å². The maximum Gasteiger partial charge on any atom is 0.323 e. The molecule has 1 amide bonds. The summed E-state index contributed by atoms with van der Waals surface area (Å²) in [6.45, 7) is 2.83. The van der Waals surface area contributed by atoms with E-state index in [1.807, 2.05) is 6.07 Å². The standard InChI is InChI=1S/C14H14N2O4/c1-2-7-16(9-14(18)19)13(17)10-20-12-6-4-3-5-11(12)8-15/h2-6H,1,7,9-10H2,(H,18,19). The largest absolute Gasteiger partial charge is 0.482 e. The van der Waals surface area contributed by atoms with Crippen molar-refractivity contribution < 1.29 is 19.4 Å². The van der Waals surface area contributed by atoms with Crippen molar-refractivity contribution in [3.05, 3.63) is 42.5 Å². The number of nitrogens with zero attached hydrogens (tertiary/aromatic N) is 2. The lowest BCUT2D eigenvalue weighted by molar-refractivity contribution is -0.144. The van der Waals surface area contributed by atoms with Gasteiger partial charge in [-0.15, -0.1) is 6.58 Å². The Labute approximate surface area is 116 Å². The Hall–Kier alpha value is -2.81. The molecule has 0 saturated heterocycles. The monoisotopic (exact) mass is 274 g/mol. The van der Waals surface area contributed by atoms with Crippen molar-refractivity contribution in [2.75, 3.05) is 19.7 Å². The number of benzene rings is 1. The number of hydrogen-bond donors (Lipinski definition) is 1. The molecule has 0 aliphatic carbocycles. The first-order chi connectivity index (χ1) is 9.58. The van der Waals surface area contributed by atoms with Crippen molar-refractivity contribution in [3.63, 3.8) is 0 Å². The fraction of sp³-hybridized carbons (Fsp3) is 0.214. The Morgan fingerprint density at radius 2 is 2.15 bits per heavy atom. The summed E-state index contributed by atoms with van der Waals surface area (Å²) in [6, 6.07) is 8.45. The van der Waals surface area contributed by atoms with Crippen LogP contribution in [0.25, 0.3) is 0 Å². The normalized spacial score (nSPS) is 9.35. The van der Waals surface area contributed by atoms with E-state index in [0.717, 1.165) is 4.90 Å².